The average molecular weight is 269 g/mol. The summed E-state index contributed by atoms with van der Waals surface area (Å²) in [5.74, 6) is -0.560. The zero-order valence-electron chi connectivity index (χ0n) is 10.8. The normalized spacial score (nSPS) is 11.9. The van der Waals surface area contributed by atoms with E-state index in [1.807, 2.05) is 18.4 Å². The molecule has 0 saturated carbocycles. The Morgan fingerprint density at radius 3 is 2.78 bits per heavy atom. The van der Waals surface area contributed by atoms with Crippen LogP contribution in [0, 0.1) is 0 Å². The van der Waals surface area contributed by atoms with E-state index in [0.29, 0.717) is 17.9 Å². The maximum atomic E-state index is 11.9. The van der Waals surface area contributed by atoms with Gasteiger partial charge in [0.05, 0.1) is 11.5 Å². The molecule has 0 fully saturated rings. The summed E-state index contributed by atoms with van der Waals surface area (Å²) < 4.78 is 4.97. The highest BCUT2D eigenvalue weighted by Gasteiger charge is 2.22. The highest BCUT2D eigenvalue weighted by molar-refractivity contribution is 7.12. The van der Waals surface area contributed by atoms with E-state index in [1.165, 1.54) is 11.3 Å². The fourth-order valence-electron chi connectivity index (χ4n) is 1.54. The van der Waals surface area contributed by atoms with Crippen LogP contribution in [0.5, 0.6) is 0 Å². The van der Waals surface area contributed by atoms with Crippen LogP contribution in [0.2, 0.25) is 0 Å². The Morgan fingerprint density at radius 1 is 1.44 bits per heavy atom. The summed E-state index contributed by atoms with van der Waals surface area (Å²) in [4.78, 5) is 24.2. The number of unbranched alkanes of at least 4 members (excludes halogenated alkanes) is 1. The summed E-state index contributed by atoms with van der Waals surface area (Å²) >= 11 is 1.36. The maximum Gasteiger partial charge on any atom is 0.328 e. The molecule has 0 spiro atoms. The summed E-state index contributed by atoms with van der Waals surface area (Å²) in [6.45, 7) is 4.13. The lowest BCUT2D eigenvalue weighted by Gasteiger charge is -2.16. The van der Waals surface area contributed by atoms with Crippen LogP contribution in [0.15, 0.2) is 17.5 Å². The van der Waals surface area contributed by atoms with Gasteiger partial charge in [-0.25, -0.2) is 4.79 Å². The first kappa shape index (κ1) is 14.7. The SMILES string of the molecule is CCCC[C@H](NC(=O)c1cccs1)C(=O)OCC. The lowest BCUT2D eigenvalue weighted by molar-refractivity contribution is -0.145. The molecule has 0 bridgehead atoms. The number of hydrogen-bond donors (Lipinski definition) is 1. The first-order valence-electron chi connectivity index (χ1n) is 6.20. The van der Waals surface area contributed by atoms with Gasteiger partial charge in [-0.1, -0.05) is 25.8 Å². The summed E-state index contributed by atoms with van der Waals surface area (Å²) in [7, 11) is 0. The van der Waals surface area contributed by atoms with Crippen molar-refractivity contribution in [3.05, 3.63) is 22.4 Å². The fourth-order valence-corrected chi connectivity index (χ4v) is 2.16. The van der Waals surface area contributed by atoms with Crippen LogP contribution < -0.4 is 5.32 Å². The first-order chi connectivity index (χ1) is 8.69. The van der Waals surface area contributed by atoms with Crippen LogP contribution in [0.4, 0.5) is 0 Å². The predicted molar refractivity (Wildman–Crippen MR) is 71.7 cm³/mol. The van der Waals surface area contributed by atoms with Gasteiger partial charge in [0.1, 0.15) is 6.04 Å². The van der Waals surface area contributed by atoms with Gasteiger partial charge in [0.25, 0.3) is 5.91 Å². The van der Waals surface area contributed by atoms with Crippen LogP contribution >= 0.6 is 11.3 Å². The molecule has 5 heteroatoms. The van der Waals surface area contributed by atoms with Gasteiger partial charge in [-0.15, -0.1) is 11.3 Å². The van der Waals surface area contributed by atoms with E-state index in [2.05, 4.69) is 5.32 Å². The van der Waals surface area contributed by atoms with E-state index in [9.17, 15) is 9.59 Å². The standard InChI is InChI=1S/C13H19NO3S/c1-3-5-7-10(13(16)17-4-2)14-12(15)11-8-6-9-18-11/h6,8-10H,3-5,7H2,1-2H3,(H,14,15)/t10-/m0/s1. The van der Waals surface area contributed by atoms with E-state index in [0.717, 1.165) is 12.8 Å². The van der Waals surface area contributed by atoms with Crippen molar-refractivity contribution < 1.29 is 14.3 Å². The molecule has 1 amide bonds. The van der Waals surface area contributed by atoms with Crippen molar-refractivity contribution in [2.45, 2.75) is 39.2 Å². The van der Waals surface area contributed by atoms with E-state index in [1.54, 1.807) is 13.0 Å². The van der Waals surface area contributed by atoms with Crippen molar-refractivity contribution in [3.8, 4) is 0 Å². The molecular formula is C13H19NO3S. The van der Waals surface area contributed by atoms with Crippen LogP contribution in [0.25, 0.3) is 0 Å². The number of ether oxygens (including phenoxy) is 1. The van der Waals surface area contributed by atoms with Gasteiger partial charge in [0, 0.05) is 0 Å². The number of carbonyl (C=O) groups is 2. The molecule has 0 aliphatic rings. The smallest absolute Gasteiger partial charge is 0.328 e. The van der Waals surface area contributed by atoms with Crippen LogP contribution in [0.3, 0.4) is 0 Å². The number of carbonyl (C=O) groups excluding carboxylic acids is 2. The van der Waals surface area contributed by atoms with Crippen molar-refractivity contribution in [1.82, 2.24) is 5.32 Å². The molecule has 1 rings (SSSR count). The van der Waals surface area contributed by atoms with Gasteiger partial charge in [-0.05, 0) is 24.8 Å². The second-order valence-corrected chi connectivity index (χ2v) is 4.85. The number of amides is 1. The van der Waals surface area contributed by atoms with Crippen molar-refractivity contribution >= 4 is 23.2 Å². The maximum absolute atomic E-state index is 11.9. The molecule has 4 nitrogen and oxygen atoms in total. The highest BCUT2D eigenvalue weighted by atomic mass is 32.1. The number of thiophene rings is 1. The average Bonchev–Trinajstić information content (AvgIpc) is 2.88. The molecule has 0 saturated heterocycles. The van der Waals surface area contributed by atoms with Gasteiger partial charge in [-0.2, -0.15) is 0 Å². The minimum absolute atomic E-state index is 0.209. The van der Waals surface area contributed by atoms with Crippen molar-refractivity contribution in [1.29, 1.82) is 0 Å². The number of rotatable bonds is 7. The number of nitrogens with one attached hydrogen (secondary N) is 1. The number of hydrogen-bond acceptors (Lipinski definition) is 4. The molecule has 0 aliphatic heterocycles. The zero-order valence-corrected chi connectivity index (χ0v) is 11.6. The van der Waals surface area contributed by atoms with Gasteiger partial charge < -0.3 is 10.1 Å². The van der Waals surface area contributed by atoms with Gasteiger partial charge in [0.15, 0.2) is 0 Å². The first-order valence-corrected chi connectivity index (χ1v) is 7.08. The Balaban J connectivity index is 2.60. The molecular weight excluding hydrogens is 250 g/mol. The second-order valence-electron chi connectivity index (χ2n) is 3.90. The Labute approximate surface area is 111 Å². The third-order valence-electron chi connectivity index (χ3n) is 2.47. The van der Waals surface area contributed by atoms with E-state index < -0.39 is 6.04 Å². The summed E-state index contributed by atoms with van der Waals surface area (Å²) in [5, 5.41) is 4.57. The predicted octanol–water partition coefficient (Wildman–Crippen LogP) is 2.60. The Kier molecular flexibility index (Phi) is 6.43. The lowest BCUT2D eigenvalue weighted by Crippen LogP contribution is -2.41. The minimum atomic E-state index is -0.542. The summed E-state index contributed by atoms with van der Waals surface area (Å²) in [6, 6.07) is 3.01. The Morgan fingerprint density at radius 2 is 2.22 bits per heavy atom. The molecule has 1 aromatic rings. The Bertz CT molecular complexity index is 376. The molecule has 100 valence electrons. The lowest BCUT2D eigenvalue weighted by atomic mass is 10.1. The molecule has 0 aliphatic carbocycles. The zero-order chi connectivity index (χ0) is 13.4. The molecule has 0 aromatic carbocycles. The molecule has 0 unspecified atom stereocenters. The fraction of sp³-hybridized carbons (Fsp3) is 0.538. The molecule has 1 heterocycles. The largest absolute Gasteiger partial charge is 0.464 e. The molecule has 18 heavy (non-hydrogen) atoms. The van der Waals surface area contributed by atoms with E-state index in [-0.39, 0.29) is 11.9 Å². The van der Waals surface area contributed by atoms with Gasteiger partial charge in [0.2, 0.25) is 0 Å². The van der Waals surface area contributed by atoms with Crippen molar-refractivity contribution in [3.63, 3.8) is 0 Å². The topological polar surface area (TPSA) is 55.4 Å². The summed E-state index contributed by atoms with van der Waals surface area (Å²) in [6.07, 6.45) is 2.48. The molecule has 1 N–H and O–H groups in total. The third-order valence-corrected chi connectivity index (χ3v) is 3.34. The van der Waals surface area contributed by atoms with Crippen molar-refractivity contribution in [2.24, 2.45) is 0 Å². The monoisotopic (exact) mass is 269 g/mol. The molecule has 1 atom stereocenters. The summed E-state index contributed by atoms with van der Waals surface area (Å²) in [5.41, 5.74) is 0. The minimum Gasteiger partial charge on any atom is -0.464 e. The molecule has 1 aromatic heterocycles. The quantitative estimate of drug-likeness (QED) is 0.774. The van der Waals surface area contributed by atoms with Crippen LogP contribution in [0.1, 0.15) is 42.8 Å². The Hall–Kier alpha value is -1.36. The second kappa shape index (κ2) is 7.87. The van der Waals surface area contributed by atoms with Gasteiger partial charge in [-0.3, -0.25) is 4.79 Å². The van der Waals surface area contributed by atoms with Crippen LogP contribution in [-0.2, 0) is 9.53 Å². The third kappa shape index (κ3) is 4.49. The van der Waals surface area contributed by atoms with Crippen molar-refractivity contribution in [2.75, 3.05) is 6.61 Å². The highest BCUT2D eigenvalue weighted by Crippen LogP contribution is 2.10. The van der Waals surface area contributed by atoms with Crippen LogP contribution in [-0.4, -0.2) is 24.5 Å². The van der Waals surface area contributed by atoms with Gasteiger partial charge >= 0.3 is 5.97 Å². The van der Waals surface area contributed by atoms with E-state index in [4.69, 9.17) is 4.74 Å². The number of esters is 1. The van der Waals surface area contributed by atoms with E-state index >= 15 is 0 Å². The molecule has 0 radical (unpaired) electrons.